The van der Waals surface area contributed by atoms with Crippen molar-refractivity contribution >= 4 is 11.9 Å². The number of hydrogen-bond donors (Lipinski definition) is 0. The first kappa shape index (κ1) is 12.4. The fourth-order valence-corrected chi connectivity index (χ4v) is 2.59. The van der Waals surface area contributed by atoms with E-state index >= 15 is 0 Å². The van der Waals surface area contributed by atoms with Gasteiger partial charge in [0.15, 0.2) is 0 Å². The van der Waals surface area contributed by atoms with E-state index in [9.17, 15) is 9.59 Å². The molecule has 0 spiro atoms. The molecule has 0 aromatic carbocycles. The van der Waals surface area contributed by atoms with E-state index in [4.69, 9.17) is 9.47 Å². The largest absolute Gasteiger partial charge is 0.462 e. The Labute approximate surface area is 102 Å². The molecular formula is C13H20O4. The highest BCUT2D eigenvalue weighted by atomic mass is 16.6. The average Bonchev–Trinajstić information content (AvgIpc) is 2.90. The van der Waals surface area contributed by atoms with Crippen molar-refractivity contribution in [1.82, 2.24) is 0 Å². The summed E-state index contributed by atoms with van der Waals surface area (Å²) in [6.07, 6.45) is 8.03. The Hall–Kier alpha value is -1.06. The Morgan fingerprint density at radius 1 is 0.765 bits per heavy atom. The van der Waals surface area contributed by atoms with Gasteiger partial charge in [0.05, 0.1) is 0 Å². The molecule has 4 nitrogen and oxygen atoms in total. The van der Waals surface area contributed by atoms with E-state index in [0.717, 1.165) is 51.4 Å². The lowest BCUT2D eigenvalue weighted by atomic mass is 10.3. The highest BCUT2D eigenvalue weighted by molar-refractivity contribution is 5.91. The first-order chi connectivity index (χ1) is 8.24. The van der Waals surface area contributed by atoms with Crippen LogP contribution in [-0.4, -0.2) is 24.1 Å². The topological polar surface area (TPSA) is 52.6 Å². The van der Waals surface area contributed by atoms with Crippen LogP contribution in [0.3, 0.4) is 0 Å². The van der Waals surface area contributed by atoms with Gasteiger partial charge in [-0.25, -0.2) is 0 Å². The van der Waals surface area contributed by atoms with Gasteiger partial charge in [0.25, 0.3) is 0 Å². The Bertz CT molecular complexity index is 247. The molecular weight excluding hydrogens is 220 g/mol. The molecule has 2 aliphatic carbocycles. The summed E-state index contributed by atoms with van der Waals surface area (Å²) in [7, 11) is 0. The van der Waals surface area contributed by atoms with Crippen LogP contribution < -0.4 is 0 Å². The summed E-state index contributed by atoms with van der Waals surface area (Å²) in [4.78, 5) is 22.9. The van der Waals surface area contributed by atoms with Crippen LogP contribution >= 0.6 is 0 Å². The number of hydrogen-bond acceptors (Lipinski definition) is 4. The second-order valence-electron chi connectivity index (χ2n) is 4.97. The predicted octanol–water partition coefficient (Wildman–Crippen LogP) is 2.35. The first-order valence-electron chi connectivity index (χ1n) is 6.63. The highest BCUT2D eigenvalue weighted by Gasteiger charge is 2.24. The van der Waals surface area contributed by atoms with Gasteiger partial charge in [0.2, 0.25) is 0 Å². The van der Waals surface area contributed by atoms with E-state index in [-0.39, 0.29) is 18.6 Å². The van der Waals surface area contributed by atoms with Gasteiger partial charge in [-0.3, -0.25) is 9.59 Å². The van der Waals surface area contributed by atoms with Crippen molar-refractivity contribution in [2.45, 2.75) is 70.0 Å². The van der Waals surface area contributed by atoms with E-state index in [2.05, 4.69) is 0 Å². The third kappa shape index (κ3) is 4.02. The summed E-state index contributed by atoms with van der Waals surface area (Å²) >= 11 is 0. The molecule has 2 fully saturated rings. The van der Waals surface area contributed by atoms with Gasteiger partial charge in [0.1, 0.15) is 18.6 Å². The summed E-state index contributed by atoms with van der Waals surface area (Å²) < 4.78 is 10.4. The van der Waals surface area contributed by atoms with E-state index in [1.54, 1.807) is 0 Å². The maximum absolute atomic E-state index is 11.5. The molecule has 2 aliphatic rings. The molecule has 0 aromatic rings. The van der Waals surface area contributed by atoms with Crippen molar-refractivity contribution in [2.75, 3.05) is 0 Å². The average molecular weight is 240 g/mol. The fraction of sp³-hybridized carbons (Fsp3) is 0.846. The van der Waals surface area contributed by atoms with E-state index in [1.165, 1.54) is 0 Å². The Balaban J connectivity index is 1.64. The fourth-order valence-electron chi connectivity index (χ4n) is 2.59. The molecule has 4 heteroatoms. The molecule has 0 bridgehead atoms. The molecule has 96 valence electrons. The molecule has 0 aliphatic heterocycles. The van der Waals surface area contributed by atoms with Crippen LogP contribution in [0.1, 0.15) is 57.8 Å². The molecule has 0 aromatic heterocycles. The Kier molecular flexibility index (Phi) is 4.40. The quantitative estimate of drug-likeness (QED) is 0.559. The van der Waals surface area contributed by atoms with Gasteiger partial charge < -0.3 is 9.47 Å². The zero-order valence-electron chi connectivity index (χ0n) is 10.2. The van der Waals surface area contributed by atoms with Crippen LogP contribution in [0.4, 0.5) is 0 Å². The van der Waals surface area contributed by atoms with Gasteiger partial charge in [-0.15, -0.1) is 0 Å². The predicted molar refractivity (Wildman–Crippen MR) is 61.3 cm³/mol. The minimum absolute atomic E-state index is 0.0294. The molecule has 2 saturated carbocycles. The molecule has 17 heavy (non-hydrogen) atoms. The van der Waals surface area contributed by atoms with Crippen molar-refractivity contribution < 1.29 is 19.1 Å². The molecule has 0 N–H and O–H groups in total. The molecule has 2 rings (SSSR count). The number of carbonyl (C=O) groups excluding carboxylic acids is 2. The molecule has 0 heterocycles. The second-order valence-corrected chi connectivity index (χ2v) is 4.97. The third-order valence-electron chi connectivity index (χ3n) is 3.49. The number of esters is 2. The molecule has 0 atom stereocenters. The summed E-state index contributed by atoms with van der Waals surface area (Å²) in [5.41, 5.74) is 0. The van der Waals surface area contributed by atoms with Crippen LogP contribution in [-0.2, 0) is 19.1 Å². The molecule has 0 radical (unpaired) electrons. The van der Waals surface area contributed by atoms with Crippen molar-refractivity contribution in [3.05, 3.63) is 0 Å². The van der Waals surface area contributed by atoms with Gasteiger partial charge >= 0.3 is 11.9 Å². The van der Waals surface area contributed by atoms with Gasteiger partial charge in [-0.1, -0.05) is 0 Å². The van der Waals surface area contributed by atoms with E-state index < -0.39 is 11.9 Å². The summed E-state index contributed by atoms with van der Waals surface area (Å²) in [5, 5.41) is 0. The van der Waals surface area contributed by atoms with Crippen LogP contribution in [0.15, 0.2) is 0 Å². The normalized spacial score (nSPS) is 21.6. The summed E-state index contributed by atoms with van der Waals surface area (Å²) in [5.74, 6) is -0.861. The zero-order valence-corrected chi connectivity index (χ0v) is 10.2. The Morgan fingerprint density at radius 3 is 1.47 bits per heavy atom. The van der Waals surface area contributed by atoms with E-state index in [0.29, 0.717) is 0 Å². The minimum atomic E-state index is -0.431. The smallest absolute Gasteiger partial charge is 0.317 e. The van der Waals surface area contributed by atoms with Gasteiger partial charge in [-0.2, -0.15) is 0 Å². The van der Waals surface area contributed by atoms with Crippen LogP contribution in [0.5, 0.6) is 0 Å². The Morgan fingerprint density at radius 2 is 1.12 bits per heavy atom. The van der Waals surface area contributed by atoms with Crippen LogP contribution in [0.25, 0.3) is 0 Å². The highest BCUT2D eigenvalue weighted by Crippen LogP contribution is 2.23. The lowest BCUT2D eigenvalue weighted by Gasteiger charge is -2.13. The summed E-state index contributed by atoms with van der Waals surface area (Å²) in [6, 6.07) is 0. The van der Waals surface area contributed by atoms with Crippen LogP contribution in [0, 0.1) is 0 Å². The monoisotopic (exact) mass is 240 g/mol. The third-order valence-corrected chi connectivity index (χ3v) is 3.49. The number of ether oxygens (including phenoxy) is 2. The zero-order chi connectivity index (χ0) is 12.1. The molecule has 0 amide bonds. The van der Waals surface area contributed by atoms with E-state index in [1.807, 2.05) is 0 Å². The van der Waals surface area contributed by atoms with Crippen LogP contribution in [0.2, 0.25) is 0 Å². The lowest BCUT2D eigenvalue weighted by Crippen LogP contribution is -2.21. The second kappa shape index (κ2) is 6.03. The van der Waals surface area contributed by atoms with Crippen molar-refractivity contribution in [1.29, 1.82) is 0 Å². The van der Waals surface area contributed by atoms with Gasteiger partial charge in [0, 0.05) is 0 Å². The summed E-state index contributed by atoms with van der Waals surface area (Å²) in [6.45, 7) is 0. The lowest BCUT2D eigenvalue weighted by molar-refractivity contribution is -0.160. The number of rotatable bonds is 4. The molecule has 0 unspecified atom stereocenters. The first-order valence-corrected chi connectivity index (χ1v) is 6.63. The van der Waals surface area contributed by atoms with Crippen molar-refractivity contribution in [2.24, 2.45) is 0 Å². The maximum atomic E-state index is 11.5. The maximum Gasteiger partial charge on any atom is 0.317 e. The van der Waals surface area contributed by atoms with Crippen molar-refractivity contribution in [3.63, 3.8) is 0 Å². The SMILES string of the molecule is O=C(CC(=O)OC1CCCC1)OC1CCCC1. The standard InChI is InChI=1S/C13H20O4/c14-12(16-10-5-1-2-6-10)9-13(15)17-11-7-3-4-8-11/h10-11H,1-9H2. The number of carbonyl (C=O) groups is 2. The van der Waals surface area contributed by atoms with Gasteiger partial charge in [-0.05, 0) is 51.4 Å². The molecule has 0 saturated heterocycles. The van der Waals surface area contributed by atoms with Crippen molar-refractivity contribution in [3.8, 4) is 0 Å². The minimum Gasteiger partial charge on any atom is -0.462 e.